The number of nitrogens with zero attached hydrogens (tertiary/aromatic N) is 2. The molecule has 1 aromatic rings. The molecular weight excluding hydrogens is 262 g/mol. The Kier molecular flexibility index (Phi) is 4.09. The number of nitro groups is 1. The molecule has 106 valence electrons. The maximum Gasteiger partial charge on any atom is 0.269 e. The molecule has 0 saturated carbocycles. The van der Waals surface area contributed by atoms with Crippen molar-refractivity contribution in [3.63, 3.8) is 0 Å². The van der Waals surface area contributed by atoms with Crippen LogP contribution in [0.25, 0.3) is 0 Å². The number of carbonyl (C=O) groups is 2. The SMILES string of the molecule is NC(=O)C1CCCN1CC(=O)c1ccc([N+](=O)[O-])cc1. The van der Waals surface area contributed by atoms with Gasteiger partial charge in [-0.3, -0.25) is 24.6 Å². The molecule has 0 aliphatic carbocycles. The van der Waals surface area contributed by atoms with Gasteiger partial charge in [-0.2, -0.15) is 0 Å². The lowest BCUT2D eigenvalue weighted by molar-refractivity contribution is -0.384. The Morgan fingerprint density at radius 1 is 1.35 bits per heavy atom. The summed E-state index contributed by atoms with van der Waals surface area (Å²) in [4.78, 5) is 35.1. The molecular formula is C13H15N3O4. The first-order chi connectivity index (χ1) is 9.49. The van der Waals surface area contributed by atoms with Gasteiger partial charge in [-0.25, -0.2) is 0 Å². The lowest BCUT2D eigenvalue weighted by Gasteiger charge is -2.20. The molecule has 1 amide bonds. The number of primary amides is 1. The van der Waals surface area contributed by atoms with Crippen molar-refractivity contribution in [3.8, 4) is 0 Å². The molecule has 1 fully saturated rings. The number of nitrogens with two attached hydrogens (primary N) is 1. The van der Waals surface area contributed by atoms with E-state index in [0.717, 1.165) is 6.42 Å². The Balaban J connectivity index is 2.04. The maximum absolute atomic E-state index is 12.1. The van der Waals surface area contributed by atoms with Gasteiger partial charge in [0.15, 0.2) is 5.78 Å². The highest BCUT2D eigenvalue weighted by Crippen LogP contribution is 2.18. The first-order valence-electron chi connectivity index (χ1n) is 6.30. The minimum atomic E-state index is -0.516. The van der Waals surface area contributed by atoms with E-state index in [0.29, 0.717) is 18.5 Å². The molecule has 1 heterocycles. The van der Waals surface area contributed by atoms with Crippen molar-refractivity contribution in [1.82, 2.24) is 4.90 Å². The molecule has 1 atom stereocenters. The van der Waals surface area contributed by atoms with Crippen LogP contribution in [0.3, 0.4) is 0 Å². The van der Waals surface area contributed by atoms with Gasteiger partial charge in [0.05, 0.1) is 17.5 Å². The predicted molar refractivity (Wildman–Crippen MR) is 71.2 cm³/mol. The van der Waals surface area contributed by atoms with Crippen molar-refractivity contribution in [2.75, 3.05) is 13.1 Å². The van der Waals surface area contributed by atoms with Crippen LogP contribution in [0.1, 0.15) is 23.2 Å². The molecule has 1 unspecified atom stereocenters. The standard InChI is InChI=1S/C13H15N3O4/c14-13(18)11-2-1-7-15(11)8-12(17)9-3-5-10(6-4-9)16(19)20/h3-6,11H,1-2,7-8H2,(H2,14,18). The first-order valence-corrected chi connectivity index (χ1v) is 6.30. The summed E-state index contributed by atoms with van der Waals surface area (Å²) >= 11 is 0. The molecule has 2 N–H and O–H groups in total. The molecule has 2 rings (SSSR count). The van der Waals surface area contributed by atoms with Crippen LogP contribution in [-0.4, -0.2) is 40.6 Å². The van der Waals surface area contributed by atoms with Gasteiger partial charge in [-0.1, -0.05) is 0 Å². The molecule has 7 nitrogen and oxygen atoms in total. The molecule has 7 heteroatoms. The average Bonchev–Trinajstić information content (AvgIpc) is 2.87. The third-order valence-corrected chi connectivity index (χ3v) is 3.44. The Hall–Kier alpha value is -2.28. The fraction of sp³-hybridized carbons (Fsp3) is 0.385. The smallest absolute Gasteiger partial charge is 0.269 e. The summed E-state index contributed by atoms with van der Waals surface area (Å²) < 4.78 is 0. The van der Waals surface area contributed by atoms with Crippen molar-refractivity contribution in [2.24, 2.45) is 5.73 Å². The van der Waals surface area contributed by atoms with E-state index in [9.17, 15) is 19.7 Å². The van der Waals surface area contributed by atoms with E-state index >= 15 is 0 Å². The summed E-state index contributed by atoms with van der Waals surface area (Å²) in [5, 5.41) is 10.5. The highest BCUT2D eigenvalue weighted by Gasteiger charge is 2.30. The third-order valence-electron chi connectivity index (χ3n) is 3.44. The highest BCUT2D eigenvalue weighted by molar-refractivity contribution is 5.98. The molecule has 0 bridgehead atoms. The van der Waals surface area contributed by atoms with E-state index in [-0.39, 0.29) is 18.0 Å². The van der Waals surface area contributed by atoms with Crippen molar-refractivity contribution in [2.45, 2.75) is 18.9 Å². The first kappa shape index (κ1) is 14.1. The van der Waals surface area contributed by atoms with Gasteiger partial charge >= 0.3 is 0 Å². The Morgan fingerprint density at radius 2 is 2.00 bits per heavy atom. The number of carbonyl (C=O) groups excluding carboxylic acids is 2. The number of rotatable bonds is 5. The second-order valence-corrected chi connectivity index (χ2v) is 4.76. The van der Waals surface area contributed by atoms with Crippen molar-refractivity contribution >= 4 is 17.4 Å². The summed E-state index contributed by atoms with van der Waals surface area (Å²) in [6.07, 6.45) is 1.50. The molecule has 1 saturated heterocycles. The number of nitro benzene ring substituents is 1. The molecule has 0 spiro atoms. The number of amides is 1. The maximum atomic E-state index is 12.1. The van der Waals surface area contributed by atoms with Gasteiger partial charge < -0.3 is 5.73 Å². The minimum absolute atomic E-state index is 0.0577. The van der Waals surface area contributed by atoms with Crippen LogP contribution in [0.4, 0.5) is 5.69 Å². The molecule has 1 aromatic carbocycles. The summed E-state index contributed by atoms with van der Waals surface area (Å²) in [7, 11) is 0. The average molecular weight is 277 g/mol. The van der Waals surface area contributed by atoms with Crippen molar-refractivity contribution < 1.29 is 14.5 Å². The molecule has 0 radical (unpaired) electrons. The van der Waals surface area contributed by atoms with Crippen LogP contribution < -0.4 is 5.73 Å². The topological polar surface area (TPSA) is 107 Å². The largest absolute Gasteiger partial charge is 0.368 e. The number of benzene rings is 1. The number of hydrogen-bond acceptors (Lipinski definition) is 5. The van der Waals surface area contributed by atoms with E-state index in [1.807, 2.05) is 0 Å². The summed E-state index contributed by atoms with van der Waals surface area (Å²) in [5.41, 5.74) is 5.63. The Bertz CT molecular complexity index is 541. The van der Waals surface area contributed by atoms with Crippen molar-refractivity contribution in [3.05, 3.63) is 39.9 Å². The van der Waals surface area contributed by atoms with Crippen LogP contribution in [0.5, 0.6) is 0 Å². The van der Waals surface area contributed by atoms with Gasteiger partial charge in [0, 0.05) is 17.7 Å². The third kappa shape index (κ3) is 3.00. The number of ketones is 1. The van der Waals surface area contributed by atoms with Crippen LogP contribution >= 0.6 is 0 Å². The summed E-state index contributed by atoms with van der Waals surface area (Å²) in [6.45, 7) is 0.762. The lowest BCUT2D eigenvalue weighted by atomic mass is 10.1. The zero-order chi connectivity index (χ0) is 14.7. The number of Topliss-reactive ketones (excluding diaryl/α,β-unsaturated/α-hetero) is 1. The minimum Gasteiger partial charge on any atom is -0.368 e. The highest BCUT2D eigenvalue weighted by atomic mass is 16.6. The predicted octanol–water partition coefficient (Wildman–Crippen LogP) is 0.727. The second kappa shape index (κ2) is 5.79. The normalized spacial score (nSPS) is 18.9. The molecule has 20 heavy (non-hydrogen) atoms. The van der Waals surface area contributed by atoms with Crippen LogP contribution in [0.2, 0.25) is 0 Å². The zero-order valence-corrected chi connectivity index (χ0v) is 10.8. The van der Waals surface area contributed by atoms with Gasteiger partial charge in [0.2, 0.25) is 5.91 Å². The monoisotopic (exact) mass is 277 g/mol. The van der Waals surface area contributed by atoms with E-state index in [1.165, 1.54) is 24.3 Å². The van der Waals surface area contributed by atoms with Gasteiger partial charge in [-0.05, 0) is 31.5 Å². The number of non-ortho nitro benzene ring substituents is 1. The zero-order valence-electron chi connectivity index (χ0n) is 10.8. The molecule has 0 aromatic heterocycles. The van der Waals surface area contributed by atoms with Crippen LogP contribution in [0.15, 0.2) is 24.3 Å². The van der Waals surface area contributed by atoms with E-state index < -0.39 is 16.9 Å². The number of hydrogen-bond donors (Lipinski definition) is 1. The molecule has 1 aliphatic heterocycles. The van der Waals surface area contributed by atoms with Gasteiger partial charge in [-0.15, -0.1) is 0 Å². The lowest BCUT2D eigenvalue weighted by Crippen LogP contribution is -2.42. The quantitative estimate of drug-likeness (QED) is 0.485. The number of likely N-dealkylation sites (tertiary alicyclic amines) is 1. The van der Waals surface area contributed by atoms with E-state index in [1.54, 1.807) is 4.90 Å². The van der Waals surface area contributed by atoms with Crippen LogP contribution in [0, 0.1) is 10.1 Å². The summed E-state index contributed by atoms with van der Waals surface area (Å²) in [6, 6.07) is 5.05. The Morgan fingerprint density at radius 3 is 2.55 bits per heavy atom. The van der Waals surface area contributed by atoms with Crippen LogP contribution in [-0.2, 0) is 4.79 Å². The molecule has 1 aliphatic rings. The van der Waals surface area contributed by atoms with Crippen molar-refractivity contribution in [1.29, 1.82) is 0 Å². The fourth-order valence-electron chi connectivity index (χ4n) is 2.38. The second-order valence-electron chi connectivity index (χ2n) is 4.76. The van der Waals surface area contributed by atoms with E-state index in [2.05, 4.69) is 0 Å². The Labute approximate surface area is 115 Å². The van der Waals surface area contributed by atoms with Gasteiger partial charge in [0.1, 0.15) is 0 Å². The summed E-state index contributed by atoms with van der Waals surface area (Å²) in [5.74, 6) is -0.591. The van der Waals surface area contributed by atoms with Gasteiger partial charge in [0.25, 0.3) is 5.69 Å². The fourth-order valence-corrected chi connectivity index (χ4v) is 2.38. The van der Waals surface area contributed by atoms with E-state index in [4.69, 9.17) is 5.73 Å².